The molecule has 3 aliphatic rings. The van der Waals surface area contributed by atoms with Gasteiger partial charge in [0.15, 0.2) is 0 Å². The zero-order valence-electron chi connectivity index (χ0n) is 19.6. The Morgan fingerprint density at radius 1 is 1.00 bits per heavy atom. The maximum Gasteiger partial charge on any atom is 0.0235 e. The Bertz CT molecular complexity index is 529. The molecule has 26 heavy (non-hydrogen) atoms. The zero-order chi connectivity index (χ0) is 19.7. The average Bonchev–Trinajstić information content (AvgIpc) is 3.05. The van der Waals surface area contributed by atoms with Crippen LogP contribution >= 0.6 is 0 Å². The van der Waals surface area contributed by atoms with Crippen LogP contribution in [0.25, 0.3) is 0 Å². The Hall–Kier alpha value is -0.0400. The molecule has 0 amide bonds. The Balaban J connectivity index is 1.95. The van der Waals surface area contributed by atoms with Gasteiger partial charge >= 0.3 is 0 Å². The highest BCUT2D eigenvalue weighted by atomic mass is 15.4. The average molecular weight is 362 g/mol. The first-order valence-electron chi connectivity index (χ1n) is 11.6. The van der Waals surface area contributed by atoms with Crippen LogP contribution in [0.1, 0.15) is 108 Å². The fraction of sp³-hybridized carbons (Fsp3) is 1.00. The maximum absolute atomic E-state index is 2.99. The van der Waals surface area contributed by atoms with Crippen molar-refractivity contribution in [2.24, 2.45) is 34.0 Å². The molecule has 3 fully saturated rings. The molecule has 3 rings (SSSR count). The molecule has 2 heterocycles. The van der Waals surface area contributed by atoms with E-state index in [-0.39, 0.29) is 0 Å². The summed E-state index contributed by atoms with van der Waals surface area (Å²) in [4.78, 5) is 2.99. The van der Waals surface area contributed by atoms with Gasteiger partial charge in [-0.15, -0.1) is 0 Å². The van der Waals surface area contributed by atoms with Gasteiger partial charge in [-0.25, -0.2) is 0 Å². The predicted octanol–water partition coefficient (Wildman–Crippen LogP) is 7.15. The minimum absolute atomic E-state index is 0.400. The Kier molecular flexibility index (Phi) is 4.96. The molecule has 1 saturated carbocycles. The summed E-state index contributed by atoms with van der Waals surface area (Å²) in [6.45, 7) is 25.1. The second-order valence-corrected chi connectivity index (χ2v) is 12.8. The molecule has 0 aromatic heterocycles. The normalized spacial score (nSPS) is 46.6. The summed E-state index contributed by atoms with van der Waals surface area (Å²) >= 11 is 0. The summed E-state index contributed by atoms with van der Waals surface area (Å²) in [7, 11) is 0. The van der Waals surface area contributed by atoms with Crippen molar-refractivity contribution in [3.05, 3.63) is 0 Å². The van der Waals surface area contributed by atoms with E-state index in [2.05, 4.69) is 74.1 Å². The Morgan fingerprint density at radius 3 is 2.12 bits per heavy atom. The minimum Gasteiger partial charge on any atom is -0.291 e. The van der Waals surface area contributed by atoms with Gasteiger partial charge in [-0.2, -0.15) is 0 Å². The van der Waals surface area contributed by atoms with Crippen LogP contribution in [0.3, 0.4) is 0 Å². The van der Waals surface area contributed by atoms with E-state index < -0.39 is 0 Å². The van der Waals surface area contributed by atoms with Crippen LogP contribution in [0, 0.1) is 34.0 Å². The quantitative estimate of drug-likeness (QED) is 0.513. The van der Waals surface area contributed by atoms with Crippen LogP contribution in [0.15, 0.2) is 0 Å². The second kappa shape index (κ2) is 6.23. The monoisotopic (exact) mass is 361 g/mol. The molecule has 1 aliphatic carbocycles. The van der Waals surface area contributed by atoms with Crippen LogP contribution in [0.5, 0.6) is 0 Å². The van der Waals surface area contributed by atoms with Gasteiger partial charge in [0, 0.05) is 17.6 Å². The molecule has 7 atom stereocenters. The third kappa shape index (κ3) is 3.19. The Labute approximate surface area is 164 Å². The van der Waals surface area contributed by atoms with Crippen LogP contribution in [0.4, 0.5) is 0 Å². The van der Waals surface area contributed by atoms with E-state index in [1.54, 1.807) is 0 Å². The molecule has 4 unspecified atom stereocenters. The van der Waals surface area contributed by atoms with Gasteiger partial charge in [0.2, 0.25) is 0 Å². The molecule has 0 spiro atoms. The highest BCUT2D eigenvalue weighted by Gasteiger charge is 2.72. The van der Waals surface area contributed by atoms with E-state index >= 15 is 0 Å². The van der Waals surface area contributed by atoms with Crippen molar-refractivity contribution in [2.45, 2.75) is 125 Å². The lowest BCUT2D eigenvalue weighted by atomic mass is 9.53. The van der Waals surface area contributed by atoms with E-state index in [9.17, 15) is 0 Å². The molecule has 0 N–H and O–H groups in total. The summed E-state index contributed by atoms with van der Waals surface area (Å²) in [6, 6.07) is 1.63. The SMILES string of the molecule is CCC1CC(C)(CC)C(C(C)(C)CC(C)(C)C)C[C@@H](C)N2[C@H]1C1C[C@]12C. The van der Waals surface area contributed by atoms with Gasteiger partial charge in [0.25, 0.3) is 0 Å². The van der Waals surface area contributed by atoms with E-state index in [4.69, 9.17) is 0 Å². The zero-order valence-corrected chi connectivity index (χ0v) is 19.6. The summed E-state index contributed by atoms with van der Waals surface area (Å²) < 4.78 is 0. The van der Waals surface area contributed by atoms with Gasteiger partial charge in [-0.1, -0.05) is 68.2 Å². The van der Waals surface area contributed by atoms with Crippen molar-refractivity contribution >= 4 is 0 Å². The van der Waals surface area contributed by atoms with E-state index in [1.807, 2.05) is 0 Å². The van der Waals surface area contributed by atoms with Gasteiger partial charge in [0.1, 0.15) is 0 Å². The molecule has 0 radical (unpaired) electrons. The van der Waals surface area contributed by atoms with Gasteiger partial charge in [-0.05, 0) is 73.5 Å². The predicted molar refractivity (Wildman–Crippen MR) is 114 cm³/mol. The van der Waals surface area contributed by atoms with Crippen LogP contribution in [0.2, 0.25) is 0 Å². The lowest BCUT2D eigenvalue weighted by Gasteiger charge is -2.60. The molecular weight excluding hydrogens is 314 g/mol. The largest absolute Gasteiger partial charge is 0.291 e. The van der Waals surface area contributed by atoms with Crippen LogP contribution < -0.4 is 0 Å². The maximum atomic E-state index is 2.99. The van der Waals surface area contributed by atoms with E-state index in [0.717, 1.165) is 29.8 Å². The molecule has 0 aromatic carbocycles. The highest BCUT2D eigenvalue weighted by molar-refractivity contribution is 5.26. The van der Waals surface area contributed by atoms with Crippen molar-refractivity contribution in [1.29, 1.82) is 0 Å². The summed E-state index contributed by atoms with van der Waals surface area (Å²) in [6.07, 6.45) is 8.33. The van der Waals surface area contributed by atoms with Crippen LogP contribution in [-0.2, 0) is 0 Å². The molecule has 0 aromatic rings. The first-order chi connectivity index (χ1) is 11.8. The molecule has 2 aliphatic heterocycles. The molecule has 152 valence electrons. The molecule has 1 heteroatoms. The van der Waals surface area contributed by atoms with E-state index in [0.29, 0.717) is 21.8 Å². The highest BCUT2D eigenvalue weighted by Crippen LogP contribution is 2.68. The summed E-state index contributed by atoms with van der Waals surface area (Å²) in [5, 5.41) is 0. The fourth-order valence-electron chi connectivity index (χ4n) is 8.11. The lowest BCUT2D eigenvalue weighted by molar-refractivity contribution is -0.115. The third-order valence-corrected chi connectivity index (χ3v) is 8.96. The number of nitrogens with zero attached hydrogens (tertiary/aromatic N) is 1. The number of hydrogen-bond donors (Lipinski definition) is 0. The molecule has 0 bridgehead atoms. The minimum atomic E-state index is 0.400. The molecule has 2 saturated heterocycles. The van der Waals surface area contributed by atoms with Gasteiger partial charge < -0.3 is 0 Å². The summed E-state index contributed by atoms with van der Waals surface area (Å²) in [5.41, 5.74) is 1.85. The van der Waals surface area contributed by atoms with Crippen molar-refractivity contribution in [3.63, 3.8) is 0 Å². The lowest BCUT2D eigenvalue weighted by Crippen LogP contribution is -2.65. The first kappa shape index (κ1) is 20.7. The summed E-state index contributed by atoms with van der Waals surface area (Å²) in [5.74, 6) is 2.72. The standard InChI is InChI=1S/C25H47N/c1-11-18-14-24(9,12-2)20(23(7,8)16-22(4,5)6)13-17(3)26-21(18)19-15-25(19,26)10/h17-21H,11-16H2,1-10H3/t17-,18?,19?,20?,21-,24?,25-/m1/s1. The number of rotatable bonds is 4. The number of fused-ring (bicyclic) bond motifs is 4. The van der Waals surface area contributed by atoms with Crippen LogP contribution in [-0.4, -0.2) is 22.5 Å². The Morgan fingerprint density at radius 2 is 1.62 bits per heavy atom. The van der Waals surface area contributed by atoms with Crippen molar-refractivity contribution in [2.75, 3.05) is 0 Å². The topological polar surface area (TPSA) is 3.24 Å². The number of hydrogen-bond acceptors (Lipinski definition) is 1. The molecule has 1 nitrogen and oxygen atoms in total. The fourth-order valence-corrected chi connectivity index (χ4v) is 8.11. The van der Waals surface area contributed by atoms with Crippen molar-refractivity contribution < 1.29 is 0 Å². The van der Waals surface area contributed by atoms with Gasteiger partial charge in [-0.3, -0.25) is 4.90 Å². The van der Waals surface area contributed by atoms with Crippen molar-refractivity contribution in [1.82, 2.24) is 4.90 Å². The first-order valence-corrected chi connectivity index (χ1v) is 11.6. The van der Waals surface area contributed by atoms with Crippen molar-refractivity contribution in [3.8, 4) is 0 Å². The van der Waals surface area contributed by atoms with Gasteiger partial charge in [0.05, 0.1) is 0 Å². The smallest absolute Gasteiger partial charge is 0.0235 e. The van der Waals surface area contributed by atoms with E-state index in [1.165, 1.54) is 38.5 Å². The third-order valence-electron chi connectivity index (χ3n) is 8.96. The second-order valence-electron chi connectivity index (χ2n) is 12.8. The molecular formula is C25H47N.